The molecule has 2 heterocycles. The number of H-pyrrole nitrogens is 1. The highest BCUT2D eigenvalue weighted by Gasteiger charge is 2.21. The van der Waals surface area contributed by atoms with Crippen LogP contribution in [0.2, 0.25) is 0 Å². The Hall–Kier alpha value is -3.63. The number of aliphatic hydroxyl groups excluding tert-OH is 1. The maximum absolute atomic E-state index is 12.6. The zero-order valence-electron chi connectivity index (χ0n) is 18.7. The fourth-order valence-corrected chi connectivity index (χ4v) is 4.40. The van der Waals surface area contributed by atoms with Crippen LogP contribution >= 0.6 is 11.8 Å². The summed E-state index contributed by atoms with van der Waals surface area (Å²) in [5.41, 5.74) is 0.614. The van der Waals surface area contributed by atoms with Crippen LogP contribution < -0.4 is 16.0 Å². The Labute approximate surface area is 199 Å². The minimum atomic E-state index is -0.974. The Balaban J connectivity index is 1.61. The molecular formula is C24H24N4O5S. The quantitative estimate of drug-likeness (QED) is 0.278. The van der Waals surface area contributed by atoms with Crippen molar-refractivity contribution < 1.29 is 14.6 Å². The van der Waals surface area contributed by atoms with Gasteiger partial charge in [0.2, 0.25) is 0 Å². The first-order valence-corrected chi connectivity index (χ1v) is 11.6. The van der Waals surface area contributed by atoms with Crippen LogP contribution in [0.15, 0.2) is 69.3 Å². The Bertz CT molecular complexity index is 1440. The van der Waals surface area contributed by atoms with E-state index < -0.39 is 17.4 Å². The van der Waals surface area contributed by atoms with Gasteiger partial charge in [0.15, 0.2) is 22.1 Å². The predicted molar refractivity (Wildman–Crippen MR) is 130 cm³/mol. The predicted octanol–water partition coefficient (Wildman–Crippen LogP) is 2.15. The highest BCUT2D eigenvalue weighted by atomic mass is 32.2. The van der Waals surface area contributed by atoms with Gasteiger partial charge < -0.3 is 14.4 Å². The Morgan fingerprint density at radius 2 is 1.85 bits per heavy atom. The third kappa shape index (κ3) is 4.97. The van der Waals surface area contributed by atoms with Crippen LogP contribution in [0.25, 0.3) is 11.2 Å². The molecular weight excluding hydrogens is 456 g/mol. The number of para-hydroxylation sites is 1. The van der Waals surface area contributed by atoms with Gasteiger partial charge in [-0.2, -0.15) is 0 Å². The number of hydrogen-bond acceptors (Lipinski definition) is 7. The van der Waals surface area contributed by atoms with Crippen molar-refractivity contribution in [2.75, 3.05) is 12.4 Å². The molecule has 4 aromatic rings. The van der Waals surface area contributed by atoms with Crippen LogP contribution in [-0.4, -0.2) is 48.5 Å². The van der Waals surface area contributed by atoms with Gasteiger partial charge in [-0.05, 0) is 18.6 Å². The van der Waals surface area contributed by atoms with Crippen molar-refractivity contribution in [3.8, 4) is 5.75 Å². The van der Waals surface area contributed by atoms with E-state index in [2.05, 4.69) is 9.97 Å². The van der Waals surface area contributed by atoms with Gasteiger partial charge in [0.1, 0.15) is 18.5 Å². The van der Waals surface area contributed by atoms with Crippen LogP contribution in [-0.2, 0) is 13.6 Å². The Kier molecular flexibility index (Phi) is 6.99. The van der Waals surface area contributed by atoms with E-state index in [1.165, 1.54) is 16.2 Å². The molecule has 0 bridgehead atoms. The molecule has 2 aromatic carbocycles. The molecule has 0 saturated heterocycles. The number of imidazole rings is 1. The van der Waals surface area contributed by atoms with E-state index in [4.69, 9.17) is 4.74 Å². The largest absolute Gasteiger partial charge is 0.491 e. The van der Waals surface area contributed by atoms with E-state index in [1.807, 2.05) is 37.3 Å². The third-order valence-corrected chi connectivity index (χ3v) is 6.29. The molecule has 10 heteroatoms. The van der Waals surface area contributed by atoms with Crippen molar-refractivity contribution in [2.45, 2.75) is 24.7 Å². The fourth-order valence-electron chi connectivity index (χ4n) is 3.50. The SMILES string of the molecule is Cc1ccccc1OC[C@H](O)Cn1c(SCC(=O)c2ccccc2)nc2c1c(=O)[nH]c(=O)n2C. The maximum Gasteiger partial charge on any atom is 0.329 e. The number of carbonyl (C=O) groups excluding carboxylic acids is 1. The van der Waals surface area contributed by atoms with Gasteiger partial charge in [0.25, 0.3) is 5.56 Å². The van der Waals surface area contributed by atoms with Gasteiger partial charge in [-0.15, -0.1) is 0 Å². The lowest BCUT2D eigenvalue weighted by molar-refractivity contribution is 0.0910. The summed E-state index contributed by atoms with van der Waals surface area (Å²) in [6.07, 6.45) is -0.974. The van der Waals surface area contributed by atoms with Crippen LogP contribution in [0.1, 0.15) is 15.9 Å². The second-order valence-corrected chi connectivity index (χ2v) is 8.75. The molecule has 0 aliphatic rings. The minimum Gasteiger partial charge on any atom is -0.491 e. The molecule has 34 heavy (non-hydrogen) atoms. The van der Waals surface area contributed by atoms with Crippen molar-refractivity contribution in [1.82, 2.24) is 19.1 Å². The number of ether oxygens (including phenoxy) is 1. The van der Waals surface area contributed by atoms with E-state index in [0.717, 1.165) is 17.3 Å². The van der Waals surface area contributed by atoms with Crippen molar-refractivity contribution in [2.24, 2.45) is 7.05 Å². The zero-order chi connectivity index (χ0) is 24.2. The summed E-state index contributed by atoms with van der Waals surface area (Å²) in [4.78, 5) is 44.0. The molecule has 9 nitrogen and oxygen atoms in total. The first kappa shape index (κ1) is 23.5. The van der Waals surface area contributed by atoms with Gasteiger partial charge >= 0.3 is 5.69 Å². The second kappa shape index (κ2) is 10.1. The number of aryl methyl sites for hydroxylation is 2. The number of rotatable bonds is 9. The number of nitrogens with one attached hydrogen (secondary N) is 1. The number of Topliss-reactive ketones (excluding diaryl/α,β-unsaturated/α-hetero) is 1. The monoisotopic (exact) mass is 480 g/mol. The summed E-state index contributed by atoms with van der Waals surface area (Å²) in [6, 6.07) is 16.3. The molecule has 0 spiro atoms. The van der Waals surface area contributed by atoms with Crippen LogP contribution in [0.3, 0.4) is 0 Å². The zero-order valence-corrected chi connectivity index (χ0v) is 19.5. The molecule has 0 fully saturated rings. The van der Waals surface area contributed by atoms with Crippen LogP contribution in [0.5, 0.6) is 5.75 Å². The van der Waals surface area contributed by atoms with Crippen molar-refractivity contribution in [1.29, 1.82) is 0 Å². The van der Waals surface area contributed by atoms with Crippen molar-refractivity contribution in [3.05, 3.63) is 86.6 Å². The molecule has 0 radical (unpaired) electrons. The van der Waals surface area contributed by atoms with E-state index in [1.54, 1.807) is 24.3 Å². The molecule has 2 aromatic heterocycles. The molecule has 0 saturated carbocycles. The van der Waals surface area contributed by atoms with Crippen LogP contribution in [0.4, 0.5) is 0 Å². The number of ketones is 1. The summed E-state index contributed by atoms with van der Waals surface area (Å²) in [5, 5.41) is 11.0. The van der Waals surface area contributed by atoms with E-state index in [-0.39, 0.29) is 35.9 Å². The second-order valence-electron chi connectivity index (χ2n) is 7.80. The standard InChI is InChI=1S/C24H24N4O5S/c1-15-8-6-7-11-19(15)33-13-17(29)12-28-20-21(27(2)23(32)26-22(20)31)25-24(28)34-14-18(30)16-9-4-3-5-10-16/h3-11,17,29H,12-14H2,1-2H3,(H,26,31,32)/t17-/m1/s1. The summed E-state index contributed by atoms with van der Waals surface area (Å²) in [7, 11) is 1.50. The number of carbonyl (C=O) groups is 1. The van der Waals surface area contributed by atoms with Crippen LogP contribution in [0, 0.1) is 6.92 Å². The topological polar surface area (TPSA) is 119 Å². The first-order valence-electron chi connectivity index (χ1n) is 10.6. The molecule has 0 aliphatic carbocycles. The Morgan fingerprint density at radius 3 is 2.59 bits per heavy atom. The lowest BCUT2D eigenvalue weighted by atomic mass is 10.2. The molecule has 4 rings (SSSR count). The molecule has 1 atom stereocenters. The van der Waals surface area contributed by atoms with Gasteiger partial charge in [0, 0.05) is 12.6 Å². The molecule has 0 amide bonds. The highest BCUT2D eigenvalue weighted by molar-refractivity contribution is 7.99. The number of aliphatic hydroxyl groups is 1. The molecule has 0 aliphatic heterocycles. The lowest BCUT2D eigenvalue weighted by Crippen LogP contribution is -2.30. The number of aromatic amines is 1. The minimum absolute atomic E-state index is 0.00841. The average molecular weight is 481 g/mol. The summed E-state index contributed by atoms with van der Waals surface area (Å²) >= 11 is 1.14. The third-order valence-electron chi connectivity index (χ3n) is 5.32. The summed E-state index contributed by atoms with van der Waals surface area (Å²) < 4.78 is 8.50. The van der Waals surface area contributed by atoms with E-state index in [0.29, 0.717) is 16.5 Å². The van der Waals surface area contributed by atoms with Gasteiger partial charge in [-0.1, -0.05) is 60.3 Å². The maximum atomic E-state index is 12.6. The summed E-state index contributed by atoms with van der Waals surface area (Å²) in [6.45, 7) is 1.89. The van der Waals surface area contributed by atoms with Gasteiger partial charge in [-0.3, -0.25) is 19.1 Å². The van der Waals surface area contributed by atoms with E-state index in [9.17, 15) is 19.5 Å². The Morgan fingerprint density at radius 1 is 1.15 bits per heavy atom. The average Bonchev–Trinajstić information content (AvgIpc) is 3.19. The van der Waals surface area contributed by atoms with Gasteiger partial charge in [-0.25, -0.2) is 9.78 Å². The number of aromatic nitrogens is 4. The normalized spacial score (nSPS) is 12.1. The van der Waals surface area contributed by atoms with Crippen molar-refractivity contribution >= 4 is 28.7 Å². The van der Waals surface area contributed by atoms with E-state index >= 15 is 0 Å². The lowest BCUT2D eigenvalue weighted by Gasteiger charge is -2.16. The first-order chi connectivity index (χ1) is 16.3. The molecule has 0 unspecified atom stereocenters. The molecule has 176 valence electrons. The fraction of sp³-hybridized carbons (Fsp3) is 0.250. The number of benzene rings is 2. The molecule has 2 N–H and O–H groups in total. The number of fused-ring (bicyclic) bond motifs is 1. The summed E-state index contributed by atoms with van der Waals surface area (Å²) in [5.74, 6) is 0.630. The van der Waals surface area contributed by atoms with Gasteiger partial charge in [0.05, 0.1) is 12.3 Å². The number of thioether (sulfide) groups is 1. The number of hydrogen-bond donors (Lipinski definition) is 2. The van der Waals surface area contributed by atoms with Crippen molar-refractivity contribution in [3.63, 3.8) is 0 Å². The smallest absolute Gasteiger partial charge is 0.329 e. The number of nitrogens with zero attached hydrogens (tertiary/aromatic N) is 3. The highest BCUT2D eigenvalue weighted by Crippen LogP contribution is 2.23.